The van der Waals surface area contributed by atoms with Crippen LogP contribution in [0.3, 0.4) is 0 Å². The number of methoxy groups -OCH3 is 1. The minimum atomic E-state index is -0.582. The number of ether oxygens (including phenoxy) is 1. The number of fused-ring (bicyclic) bond motifs is 2. The highest BCUT2D eigenvalue weighted by atomic mass is 16.5. The molecule has 2 amide bonds. The quantitative estimate of drug-likeness (QED) is 0.500. The lowest BCUT2D eigenvalue weighted by molar-refractivity contribution is -0.119. The first kappa shape index (κ1) is 20.8. The minimum absolute atomic E-state index is 0.0889. The van der Waals surface area contributed by atoms with E-state index in [2.05, 4.69) is 5.32 Å². The summed E-state index contributed by atoms with van der Waals surface area (Å²) in [5, 5.41) is 4.08. The van der Waals surface area contributed by atoms with Crippen LogP contribution < -0.4 is 10.1 Å². The SMILES string of the molecule is COc1cccc(NC(=O)[C@H]2c3ccccc3C(=O)N(C)[C@H]2c2cn(C)c3ccccc23)c1. The van der Waals surface area contributed by atoms with Crippen LogP contribution in [0.25, 0.3) is 10.9 Å². The lowest BCUT2D eigenvalue weighted by atomic mass is 9.79. The van der Waals surface area contributed by atoms with Gasteiger partial charge in [-0.2, -0.15) is 0 Å². The summed E-state index contributed by atoms with van der Waals surface area (Å²) in [6.45, 7) is 0. The Morgan fingerprint density at radius 1 is 0.939 bits per heavy atom. The van der Waals surface area contributed by atoms with E-state index in [9.17, 15) is 9.59 Å². The first-order chi connectivity index (χ1) is 16.0. The molecular formula is C27H25N3O3. The van der Waals surface area contributed by atoms with Gasteiger partial charge in [-0.3, -0.25) is 9.59 Å². The number of para-hydroxylation sites is 1. The standard InChI is InChI=1S/C27H25N3O3/c1-29-16-22(19-11-6-7-14-23(19)29)25-24(20-12-4-5-13-21(20)27(32)30(25)2)26(31)28-17-9-8-10-18(15-17)33-3/h4-16,24-25H,1-3H3,(H,28,31)/t24-,25-/m0/s1. The van der Waals surface area contributed by atoms with Crippen molar-refractivity contribution in [3.63, 3.8) is 0 Å². The van der Waals surface area contributed by atoms with Gasteiger partial charge in [0.25, 0.3) is 5.91 Å². The number of likely N-dealkylation sites (N-methyl/N-ethyl adjacent to an activating group) is 1. The topological polar surface area (TPSA) is 63.6 Å². The highest BCUT2D eigenvalue weighted by molar-refractivity contribution is 6.05. The van der Waals surface area contributed by atoms with Crippen molar-refractivity contribution in [1.29, 1.82) is 0 Å². The van der Waals surface area contributed by atoms with Gasteiger partial charge in [0.15, 0.2) is 0 Å². The third kappa shape index (κ3) is 3.44. The molecule has 0 spiro atoms. The van der Waals surface area contributed by atoms with Crippen molar-refractivity contribution in [2.24, 2.45) is 7.05 Å². The number of carbonyl (C=O) groups excluding carboxylic acids is 2. The molecular weight excluding hydrogens is 414 g/mol. The summed E-state index contributed by atoms with van der Waals surface area (Å²) in [5.41, 5.74) is 3.94. The molecule has 0 saturated heterocycles. The Balaban J connectivity index is 1.66. The number of amides is 2. The van der Waals surface area contributed by atoms with Crippen molar-refractivity contribution >= 4 is 28.4 Å². The van der Waals surface area contributed by atoms with Crippen molar-refractivity contribution < 1.29 is 14.3 Å². The summed E-state index contributed by atoms with van der Waals surface area (Å²) < 4.78 is 7.35. The van der Waals surface area contributed by atoms with Gasteiger partial charge in [0.2, 0.25) is 5.91 Å². The summed E-state index contributed by atoms with van der Waals surface area (Å²) >= 11 is 0. The van der Waals surface area contributed by atoms with Gasteiger partial charge in [-0.05, 0) is 29.8 Å². The summed E-state index contributed by atoms with van der Waals surface area (Å²) in [4.78, 5) is 28.8. The number of nitrogens with zero attached hydrogens (tertiary/aromatic N) is 2. The second kappa shape index (κ2) is 8.13. The van der Waals surface area contributed by atoms with E-state index < -0.39 is 12.0 Å². The lowest BCUT2D eigenvalue weighted by Crippen LogP contribution is -2.44. The molecule has 1 aromatic heterocycles. The maximum absolute atomic E-state index is 13.8. The zero-order valence-corrected chi connectivity index (χ0v) is 18.8. The summed E-state index contributed by atoms with van der Waals surface area (Å²) in [6, 6.07) is 22.3. The van der Waals surface area contributed by atoms with Crippen LogP contribution >= 0.6 is 0 Å². The van der Waals surface area contributed by atoms with E-state index in [0.717, 1.165) is 22.0 Å². The summed E-state index contributed by atoms with van der Waals surface area (Å²) in [7, 11) is 5.35. The molecule has 4 aromatic rings. The number of benzene rings is 3. The van der Waals surface area contributed by atoms with Gasteiger partial charge >= 0.3 is 0 Å². The van der Waals surface area contributed by atoms with Gasteiger partial charge in [0.05, 0.1) is 19.1 Å². The van der Waals surface area contributed by atoms with Crippen molar-refractivity contribution in [3.05, 3.63) is 95.7 Å². The van der Waals surface area contributed by atoms with Crippen LogP contribution in [0.15, 0.2) is 79.0 Å². The number of aromatic nitrogens is 1. The molecule has 0 unspecified atom stereocenters. The van der Waals surface area contributed by atoms with Gasteiger partial charge in [-0.15, -0.1) is 0 Å². The predicted molar refractivity (Wildman–Crippen MR) is 129 cm³/mol. The zero-order chi connectivity index (χ0) is 23.1. The van der Waals surface area contributed by atoms with Gasteiger partial charge in [-0.1, -0.05) is 42.5 Å². The van der Waals surface area contributed by atoms with E-state index in [1.165, 1.54) is 0 Å². The molecule has 0 saturated carbocycles. The molecule has 3 aromatic carbocycles. The molecule has 166 valence electrons. The normalized spacial score (nSPS) is 17.7. The van der Waals surface area contributed by atoms with E-state index in [4.69, 9.17) is 4.74 Å². The van der Waals surface area contributed by atoms with E-state index >= 15 is 0 Å². The summed E-state index contributed by atoms with van der Waals surface area (Å²) in [6.07, 6.45) is 2.03. The number of hydrogen-bond donors (Lipinski definition) is 1. The van der Waals surface area contributed by atoms with Gasteiger partial charge in [0.1, 0.15) is 5.75 Å². The van der Waals surface area contributed by atoms with E-state index in [-0.39, 0.29) is 11.8 Å². The summed E-state index contributed by atoms with van der Waals surface area (Å²) in [5.74, 6) is -0.183. The molecule has 2 atom stereocenters. The largest absolute Gasteiger partial charge is 0.497 e. The molecule has 0 aliphatic carbocycles. The van der Waals surface area contributed by atoms with Crippen molar-refractivity contribution in [3.8, 4) is 5.75 Å². The molecule has 0 bridgehead atoms. The zero-order valence-electron chi connectivity index (χ0n) is 18.8. The fourth-order valence-electron chi connectivity index (χ4n) is 4.88. The van der Waals surface area contributed by atoms with Crippen LogP contribution in [-0.4, -0.2) is 35.4 Å². The first-order valence-electron chi connectivity index (χ1n) is 10.8. The lowest BCUT2D eigenvalue weighted by Gasteiger charge is -2.39. The number of rotatable bonds is 4. The smallest absolute Gasteiger partial charge is 0.254 e. The van der Waals surface area contributed by atoms with Crippen LogP contribution in [0.2, 0.25) is 0 Å². The van der Waals surface area contributed by atoms with Gasteiger partial charge in [-0.25, -0.2) is 0 Å². The second-order valence-electron chi connectivity index (χ2n) is 8.36. The number of carbonyl (C=O) groups is 2. The molecule has 6 nitrogen and oxygen atoms in total. The predicted octanol–water partition coefficient (Wildman–Crippen LogP) is 4.74. The van der Waals surface area contributed by atoms with Crippen LogP contribution in [0.5, 0.6) is 5.75 Å². The fourth-order valence-corrected chi connectivity index (χ4v) is 4.88. The molecule has 5 rings (SSSR count). The molecule has 1 aliphatic heterocycles. The van der Waals surface area contributed by atoms with E-state index in [0.29, 0.717) is 17.0 Å². The fraction of sp³-hybridized carbons (Fsp3) is 0.185. The monoisotopic (exact) mass is 439 g/mol. The van der Waals surface area contributed by atoms with E-state index in [1.54, 1.807) is 31.2 Å². The maximum atomic E-state index is 13.8. The second-order valence-corrected chi connectivity index (χ2v) is 8.36. The Bertz CT molecular complexity index is 1370. The first-order valence-corrected chi connectivity index (χ1v) is 10.8. The minimum Gasteiger partial charge on any atom is -0.497 e. The van der Waals surface area contributed by atoms with Crippen LogP contribution in [0.4, 0.5) is 5.69 Å². The van der Waals surface area contributed by atoms with Gasteiger partial charge < -0.3 is 19.5 Å². The Morgan fingerprint density at radius 2 is 1.70 bits per heavy atom. The Morgan fingerprint density at radius 3 is 2.52 bits per heavy atom. The number of anilines is 1. The number of hydrogen-bond acceptors (Lipinski definition) is 3. The molecule has 1 N–H and O–H groups in total. The van der Waals surface area contributed by atoms with Crippen LogP contribution in [-0.2, 0) is 11.8 Å². The Kier molecular flexibility index (Phi) is 5.13. The van der Waals surface area contributed by atoms with E-state index in [1.807, 2.05) is 78.5 Å². The maximum Gasteiger partial charge on any atom is 0.254 e. The van der Waals surface area contributed by atoms with Crippen molar-refractivity contribution in [1.82, 2.24) is 9.47 Å². The third-order valence-corrected chi connectivity index (χ3v) is 6.45. The van der Waals surface area contributed by atoms with Crippen molar-refractivity contribution in [2.75, 3.05) is 19.5 Å². The Labute approximate surface area is 192 Å². The average molecular weight is 440 g/mol. The van der Waals surface area contributed by atoms with Crippen molar-refractivity contribution in [2.45, 2.75) is 12.0 Å². The molecule has 0 radical (unpaired) electrons. The Hall–Kier alpha value is -4.06. The third-order valence-electron chi connectivity index (χ3n) is 6.45. The molecule has 0 fully saturated rings. The van der Waals surface area contributed by atoms with Gasteiger partial charge in [0, 0.05) is 54.1 Å². The van der Waals surface area contributed by atoms with Crippen LogP contribution in [0, 0.1) is 0 Å². The highest BCUT2D eigenvalue weighted by Crippen LogP contribution is 2.44. The number of aryl methyl sites for hydroxylation is 1. The number of nitrogens with one attached hydrogen (secondary N) is 1. The van der Waals surface area contributed by atoms with Crippen LogP contribution in [0.1, 0.15) is 33.4 Å². The molecule has 2 heterocycles. The molecule has 33 heavy (non-hydrogen) atoms. The average Bonchev–Trinajstić information content (AvgIpc) is 3.17. The molecule has 1 aliphatic rings. The molecule has 6 heteroatoms. The highest BCUT2D eigenvalue weighted by Gasteiger charge is 2.43.